The van der Waals surface area contributed by atoms with E-state index in [1.807, 2.05) is 6.07 Å². The number of aromatic nitrogens is 1. The zero-order chi connectivity index (χ0) is 20.3. The Hall–Kier alpha value is -1.65. The molecule has 0 atom stereocenters. The maximum absolute atomic E-state index is 4.93. The highest BCUT2D eigenvalue weighted by molar-refractivity contribution is 14.0. The summed E-state index contributed by atoms with van der Waals surface area (Å²) in [6.45, 7) is 10.7. The number of benzene rings is 1. The van der Waals surface area contributed by atoms with Crippen molar-refractivity contribution < 1.29 is 4.52 Å². The van der Waals surface area contributed by atoms with Gasteiger partial charge in [-0.25, -0.2) is 0 Å². The number of piperazine rings is 1. The minimum atomic E-state index is 0. The van der Waals surface area contributed by atoms with Crippen molar-refractivity contribution in [3.63, 3.8) is 0 Å². The lowest BCUT2D eigenvalue weighted by Crippen LogP contribution is -2.52. The summed E-state index contributed by atoms with van der Waals surface area (Å²) in [6.07, 6.45) is 2.70. The van der Waals surface area contributed by atoms with Crippen LogP contribution in [0.5, 0.6) is 0 Å². The molecular weight excluding hydrogens is 491 g/mol. The average molecular weight is 526 g/mol. The summed E-state index contributed by atoms with van der Waals surface area (Å²) in [6, 6.07) is 12.6. The molecule has 166 valence electrons. The van der Waals surface area contributed by atoms with Crippen LogP contribution >= 0.6 is 24.0 Å². The van der Waals surface area contributed by atoms with Crippen molar-refractivity contribution in [1.82, 2.24) is 25.2 Å². The number of aliphatic imine (C=N–C) groups is 1. The molecule has 2 aromatic rings. The van der Waals surface area contributed by atoms with E-state index in [0.717, 1.165) is 77.0 Å². The van der Waals surface area contributed by atoms with Crippen molar-refractivity contribution >= 4 is 29.9 Å². The van der Waals surface area contributed by atoms with Gasteiger partial charge in [-0.2, -0.15) is 0 Å². The fourth-order valence-corrected chi connectivity index (χ4v) is 3.59. The van der Waals surface area contributed by atoms with Crippen LogP contribution in [0.1, 0.15) is 24.6 Å². The molecule has 0 amide bonds. The first-order chi connectivity index (χ1) is 14.2. The molecule has 0 unspecified atom stereocenters. The Morgan fingerprint density at radius 1 is 1.17 bits per heavy atom. The van der Waals surface area contributed by atoms with E-state index in [2.05, 4.69) is 69.5 Å². The molecule has 7 nitrogen and oxygen atoms in total. The van der Waals surface area contributed by atoms with E-state index in [9.17, 15) is 0 Å². The first-order valence-corrected chi connectivity index (χ1v) is 10.6. The van der Waals surface area contributed by atoms with Gasteiger partial charge in [0, 0.05) is 58.4 Å². The van der Waals surface area contributed by atoms with Gasteiger partial charge in [-0.1, -0.05) is 35.5 Å². The third-order valence-corrected chi connectivity index (χ3v) is 5.14. The molecule has 1 aromatic carbocycles. The van der Waals surface area contributed by atoms with Crippen LogP contribution in [0.15, 0.2) is 52.2 Å². The first kappa shape index (κ1) is 24.6. The van der Waals surface area contributed by atoms with Crippen LogP contribution in [0.3, 0.4) is 0 Å². The highest BCUT2D eigenvalue weighted by Crippen LogP contribution is 2.08. The van der Waals surface area contributed by atoms with Crippen molar-refractivity contribution in [3.8, 4) is 0 Å². The normalized spacial score (nSPS) is 15.3. The number of guanidine groups is 1. The van der Waals surface area contributed by atoms with Crippen LogP contribution in [-0.4, -0.2) is 78.7 Å². The molecule has 8 heteroatoms. The smallest absolute Gasteiger partial charge is 0.194 e. The Morgan fingerprint density at radius 3 is 2.60 bits per heavy atom. The monoisotopic (exact) mass is 526 g/mol. The average Bonchev–Trinajstić information content (AvgIpc) is 3.25. The molecule has 0 spiro atoms. The van der Waals surface area contributed by atoms with Gasteiger partial charge >= 0.3 is 0 Å². The Morgan fingerprint density at radius 2 is 1.93 bits per heavy atom. The standard InChI is InChI=1S/C22H34N6O.HI/c1-3-23-22(24-11-7-12-26(2)18-20-8-5-4-6-9-20)28-15-13-27(14-16-28)19-21-10-17-29-25-21;/h4-6,8-10,17H,3,7,11-16,18-19H2,1-2H3,(H,23,24);1H. The molecular formula is C22H35IN6O. The molecule has 1 fully saturated rings. The van der Waals surface area contributed by atoms with Crippen LogP contribution in [-0.2, 0) is 13.1 Å². The highest BCUT2D eigenvalue weighted by Gasteiger charge is 2.20. The fraction of sp³-hybridized carbons (Fsp3) is 0.545. The zero-order valence-corrected chi connectivity index (χ0v) is 20.5. The van der Waals surface area contributed by atoms with Crippen LogP contribution < -0.4 is 5.32 Å². The second-order valence-electron chi connectivity index (χ2n) is 7.57. The third-order valence-electron chi connectivity index (χ3n) is 5.14. The predicted octanol–water partition coefficient (Wildman–Crippen LogP) is 2.90. The summed E-state index contributed by atoms with van der Waals surface area (Å²) in [5.41, 5.74) is 2.36. The molecule has 30 heavy (non-hydrogen) atoms. The Labute approximate surface area is 197 Å². The SMILES string of the molecule is CCNC(=NCCCN(C)Cc1ccccc1)N1CCN(Cc2ccon2)CC1.I. The largest absolute Gasteiger partial charge is 0.364 e. The molecule has 0 aliphatic carbocycles. The summed E-state index contributed by atoms with van der Waals surface area (Å²) in [4.78, 5) is 12.0. The minimum Gasteiger partial charge on any atom is -0.364 e. The summed E-state index contributed by atoms with van der Waals surface area (Å²) in [5, 5.41) is 7.47. The van der Waals surface area contributed by atoms with Gasteiger partial charge in [-0.05, 0) is 32.5 Å². The van der Waals surface area contributed by atoms with Crippen molar-refractivity contribution in [2.75, 3.05) is 52.9 Å². The molecule has 1 saturated heterocycles. The van der Waals surface area contributed by atoms with E-state index in [-0.39, 0.29) is 24.0 Å². The van der Waals surface area contributed by atoms with Crippen molar-refractivity contribution in [2.45, 2.75) is 26.4 Å². The Bertz CT molecular complexity index is 716. The number of rotatable bonds is 9. The Balaban J connectivity index is 0.00000320. The van der Waals surface area contributed by atoms with E-state index in [1.54, 1.807) is 6.26 Å². The maximum Gasteiger partial charge on any atom is 0.194 e. The summed E-state index contributed by atoms with van der Waals surface area (Å²) in [5.74, 6) is 1.04. The number of nitrogens with zero attached hydrogens (tertiary/aromatic N) is 5. The molecule has 3 rings (SSSR count). The molecule has 0 saturated carbocycles. The highest BCUT2D eigenvalue weighted by atomic mass is 127. The first-order valence-electron chi connectivity index (χ1n) is 10.6. The quantitative estimate of drug-likeness (QED) is 0.235. The lowest BCUT2D eigenvalue weighted by Gasteiger charge is -2.36. The van der Waals surface area contributed by atoms with Crippen LogP contribution in [0.2, 0.25) is 0 Å². The van der Waals surface area contributed by atoms with Crippen LogP contribution in [0.4, 0.5) is 0 Å². The zero-order valence-electron chi connectivity index (χ0n) is 18.2. The lowest BCUT2D eigenvalue weighted by molar-refractivity contribution is 0.169. The van der Waals surface area contributed by atoms with E-state index in [1.165, 1.54) is 5.56 Å². The molecule has 0 bridgehead atoms. The van der Waals surface area contributed by atoms with Crippen molar-refractivity contribution in [2.24, 2.45) is 4.99 Å². The van der Waals surface area contributed by atoms with E-state index in [0.29, 0.717) is 0 Å². The van der Waals surface area contributed by atoms with E-state index >= 15 is 0 Å². The van der Waals surface area contributed by atoms with Gasteiger partial charge in [-0.3, -0.25) is 9.89 Å². The predicted molar refractivity (Wildman–Crippen MR) is 132 cm³/mol. The maximum atomic E-state index is 4.93. The van der Waals surface area contributed by atoms with Gasteiger partial charge < -0.3 is 19.6 Å². The molecule has 1 aromatic heterocycles. The summed E-state index contributed by atoms with van der Waals surface area (Å²) >= 11 is 0. The topological polar surface area (TPSA) is 60.1 Å². The van der Waals surface area contributed by atoms with E-state index < -0.39 is 0 Å². The minimum absolute atomic E-state index is 0. The van der Waals surface area contributed by atoms with Gasteiger partial charge in [0.2, 0.25) is 0 Å². The van der Waals surface area contributed by atoms with E-state index in [4.69, 9.17) is 9.52 Å². The number of hydrogen-bond acceptors (Lipinski definition) is 5. The molecule has 1 aliphatic rings. The van der Waals surface area contributed by atoms with Crippen LogP contribution in [0.25, 0.3) is 0 Å². The Kier molecular flexibility index (Phi) is 11.2. The number of hydrogen-bond donors (Lipinski definition) is 1. The van der Waals surface area contributed by atoms with Crippen molar-refractivity contribution in [1.29, 1.82) is 0 Å². The van der Waals surface area contributed by atoms with Gasteiger partial charge in [0.25, 0.3) is 0 Å². The number of nitrogens with one attached hydrogen (secondary N) is 1. The van der Waals surface area contributed by atoms with Crippen molar-refractivity contribution in [3.05, 3.63) is 53.9 Å². The van der Waals surface area contributed by atoms with Gasteiger partial charge in [0.05, 0.1) is 5.69 Å². The molecule has 1 aliphatic heterocycles. The summed E-state index contributed by atoms with van der Waals surface area (Å²) in [7, 11) is 2.18. The van der Waals surface area contributed by atoms with Gasteiger partial charge in [-0.15, -0.1) is 24.0 Å². The summed E-state index contributed by atoms with van der Waals surface area (Å²) < 4.78 is 4.93. The fourth-order valence-electron chi connectivity index (χ4n) is 3.59. The molecule has 0 radical (unpaired) electrons. The van der Waals surface area contributed by atoms with Gasteiger partial charge in [0.1, 0.15) is 6.26 Å². The van der Waals surface area contributed by atoms with Crippen LogP contribution in [0, 0.1) is 0 Å². The van der Waals surface area contributed by atoms with Gasteiger partial charge in [0.15, 0.2) is 5.96 Å². The molecule has 2 heterocycles. The third kappa shape index (κ3) is 8.23. The molecule has 1 N–H and O–H groups in total. The second kappa shape index (κ2) is 13.6. The number of halogens is 1. The second-order valence-corrected chi connectivity index (χ2v) is 7.57. The lowest BCUT2D eigenvalue weighted by atomic mass is 10.2.